The van der Waals surface area contributed by atoms with Gasteiger partial charge >= 0.3 is 6.03 Å². The lowest BCUT2D eigenvalue weighted by atomic mass is 10.1. The van der Waals surface area contributed by atoms with Crippen LogP contribution >= 0.6 is 0 Å². The third kappa shape index (κ3) is 2.43. The van der Waals surface area contributed by atoms with Crippen LogP contribution in [0.1, 0.15) is 33.1 Å². The van der Waals surface area contributed by atoms with E-state index in [-0.39, 0.29) is 17.6 Å². The van der Waals surface area contributed by atoms with Crippen molar-refractivity contribution in [3.05, 3.63) is 0 Å². The second kappa shape index (κ2) is 4.00. The lowest BCUT2D eigenvalue weighted by molar-refractivity contribution is 0.235. The summed E-state index contributed by atoms with van der Waals surface area (Å²) in [5.41, 5.74) is 0.243. The molecular formula is C11H21N3O. The van der Waals surface area contributed by atoms with Crippen LogP contribution in [-0.2, 0) is 0 Å². The van der Waals surface area contributed by atoms with Crippen molar-refractivity contribution in [2.45, 2.75) is 44.7 Å². The van der Waals surface area contributed by atoms with E-state index in [4.69, 9.17) is 0 Å². The highest BCUT2D eigenvalue weighted by Gasteiger charge is 2.54. The van der Waals surface area contributed by atoms with Crippen molar-refractivity contribution in [2.75, 3.05) is 13.1 Å². The predicted molar refractivity (Wildman–Crippen MR) is 59.7 cm³/mol. The van der Waals surface area contributed by atoms with Crippen LogP contribution in [-0.4, -0.2) is 30.7 Å². The fourth-order valence-corrected chi connectivity index (χ4v) is 2.49. The molecule has 2 atom stereocenters. The Balaban J connectivity index is 1.72. The van der Waals surface area contributed by atoms with Crippen molar-refractivity contribution in [1.29, 1.82) is 0 Å². The summed E-state index contributed by atoms with van der Waals surface area (Å²) < 4.78 is 0. The van der Waals surface area contributed by atoms with Crippen LogP contribution in [0.4, 0.5) is 4.79 Å². The molecule has 0 spiro atoms. The van der Waals surface area contributed by atoms with Crippen LogP contribution < -0.4 is 16.0 Å². The number of carbonyl (C=O) groups excluding carboxylic acids is 1. The Bertz CT molecular complexity index is 254. The maximum Gasteiger partial charge on any atom is 0.315 e. The van der Waals surface area contributed by atoms with E-state index in [0.717, 1.165) is 19.0 Å². The Morgan fingerprint density at radius 1 is 1.60 bits per heavy atom. The van der Waals surface area contributed by atoms with E-state index in [1.165, 1.54) is 19.3 Å². The summed E-state index contributed by atoms with van der Waals surface area (Å²) in [7, 11) is 0. The number of nitrogens with one attached hydrogen (secondary N) is 3. The van der Waals surface area contributed by atoms with Gasteiger partial charge < -0.3 is 16.0 Å². The molecule has 1 aliphatic carbocycles. The molecule has 1 aliphatic heterocycles. The molecule has 0 aromatic carbocycles. The van der Waals surface area contributed by atoms with Gasteiger partial charge in [-0.15, -0.1) is 0 Å². The number of carbonyl (C=O) groups is 1. The van der Waals surface area contributed by atoms with Crippen LogP contribution in [0.3, 0.4) is 0 Å². The smallest absolute Gasteiger partial charge is 0.315 e. The van der Waals surface area contributed by atoms with Gasteiger partial charge in [-0.25, -0.2) is 4.79 Å². The fraction of sp³-hybridized carbons (Fsp3) is 0.909. The van der Waals surface area contributed by atoms with Crippen molar-refractivity contribution in [3.63, 3.8) is 0 Å². The molecular weight excluding hydrogens is 190 g/mol. The van der Waals surface area contributed by atoms with Gasteiger partial charge in [0.25, 0.3) is 0 Å². The van der Waals surface area contributed by atoms with Gasteiger partial charge in [-0.1, -0.05) is 0 Å². The highest BCUT2D eigenvalue weighted by Crippen LogP contribution is 2.48. The topological polar surface area (TPSA) is 53.2 Å². The van der Waals surface area contributed by atoms with Crippen LogP contribution in [0.5, 0.6) is 0 Å². The quantitative estimate of drug-likeness (QED) is 0.648. The van der Waals surface area contributed by atoms with Crippen molar-refractivity contribution in [3.8, 4) is 0 Å². The second-order valence-electron chi connectivity index (χ2n) is 5.11. The molecule has 2 fully saturated rings. The Labute approximate surface area is 91.2 Å². The first kappa shape index (κ1) is 10.7. The van der Waals surface area contributed by atoms with Crippen molar-refractivity contribution >= 4 is 6.03 Å². The fourth-order valence-electron chi connectivity index (χ4n) is 2.49. The Morgan fingerprint density at radius 2 is 2.40 bits per heavy atom. The molecule has 4 nitrogen and oxygen atoms in total. The largest absolute Gasteiger partial charge is 0.336 e. The molecule has 0 aromatic heterocycles. The lowest BCUT2D eigenvalue weighted by Crippen LogP contribution is -2.50. The van der Waals surface area contributed by atoms with E-state index in [0.29, 0.717) is 0 Å². The van der Waals surface area contributed by atoms with E-state index in [1.54, 1.807) is 0 Å². The van der Waals surface area contributed by atoms with Gasteiger partial charge in [0.15, 0.2) is 0 Å². The molecule has 0 bridgehead atoms. The molecule has 1 heterocycles. The average Bonchev–Trinajstić information content (AvgIpc) is 2.88. The van der Waals surface area contributed by atoms with Gasteiger partial charge in [0.05, 0.1) is 0 Å². The number of amides is 2. The lowest BCUT2D eigenvalue weighted by Gasteiger charge is -2.24. The number of piperidine rings is 1. The van der Waals surface area contributed by atoms with Gasteiger partial charge in [0, 0.05) is 18.1 Å². The number of urea groups is 1. The van der Waals surface area contributed by atoms with Crippen molar-refractivity contribution in [1.82, 2.24) is 16.0 Å². The molecule has 15 heavy (non-hydrogen) atoms. The van der Waals surface area contributed by atoms with E-state index in [2.05, 4.69) is 16.0 Å². The number of rotatable bonds is 3. The van der Waals surface area contributed by atoms with E-state index in [9.17, 15) is 4.79 Å². The zero-order chi connectivity index (χ0) is 10.9. The molecule has 2 unspecified atom stereocenters. The SMILES string of the molecule is CC(C)NC(=O)NCC12CC1CCCN2. The Morgan fingerprint density at radius 3 is 3.07 bits per heavy atom. The molecule has 2 rings (SSSR count). The third-order valence-electron chi connectivity index (χ3n) is 3.42. The number of hydrogen-bond acceptors (Lipinski definition) is 2. The maximum atomic E-state index is 11.4. The van der Waals surface area contributed by atoms with Crippen LogP contribution in [0, 0.1) is 5.92 Å². The molecule has 2 amide bonds. The summed E-state index contributed by atoms with van der Waals surface area (Å²) in [5, 5.41) is 9.33. The Kier molecular flexibility index (Phi) is 2.87. The van der Waals surface area contributed by atoms with Crippen molar-refractivity contribution < 1.29 is 4.79 Å². The summed E-state index contributed by atoms with van der Waals surface area (Å²) in [6, 6.07) is 0.161. The normalized spacial score (nSPS) is 33.4. The summed E-state index contributed by atoms with van der Waals surface area (Å²) in [6.45, 7) is 5.81. The molecule has 0 radical (unpaired) electrons. The minimum atomic E-state index is -0.0441. The zero-order valence-corrected chi connectivity index (χ0v) is 9.60. The standard InChI is InChI=1S/C11H21N3O/c1-8(2)14-10(15)12-7-11-6-9(11)4-3-5-13-11/h8-9,13H,3-7H2,1-2H3,(H2,12,14,15). The van der Waals surface area contributed by atoms with Crippen molar-refractivity contribution in [2.24, 2.45) is 5.92 Å². The first-order chi connectivity index (χ1) is 7.12. The minimum absolute atomic E-state index is 0.0441. The summed E-state index contributed by atoms with van der Waals surface area (Å²) in [4.78, 5) is 11.4. The van der Waals surface area contributed by atoms with Gasteiger partial charge in [0.1, 0.15) is 0 Å². The predicted octanol–water partition coefficient (Wildman–Crippen LogP) is 0.836. The molecule has 1 saturated carbocycles. The zero-order valence-electron chi connectivity index (χ0n) is 9.60. The second-order valence-corrected chi connectivity index (χ2v) is 5.11. The molecule has 0 aromatic rings. The molecule has 1 saturated heterocycles. The summed E-state index contributed by atoms with van der Waals surface area (Å²) in [6.07, 6.45) is 3.83. The summed E-state index contributed by atoms with van der Waals surface area (Å²) >= 11 is 0. The maximum absolute atomic E-state index is 11.4. The van der Waals surface area contributed by atoms with E-state index >= 15 is 0 Å². The van der Waals surface area contributed by atoms with Gasteiger partial charge in [0.2, 0.25) is 0 Å². The van der Waals surface area contributed by atoms with Crippen LogP contribution in [0.2, 0.25) is 0 Å². The highest BCUT2D eigenvalue weighted by atomic mass is 16.2. The van der Waals surface area contributed by atoms with Crippen LogP contribution in [0.15, 0.2) is 0 Å². The summed E-state index contributed by atoms with van der Waals surface area (Å²) in [5.74, 6) is 0.797. The van der Waals surface area contributed by atoms with Gasteiger partial charge in [-0.05, 0) is 45.6 Å². The molecule has 2 aliphatic rings. The first-order valence-corrected chi connectivity index (χ1v) is 5.92. The highest BCUT2D eigenvalue weighted by molar-refractivity contribution is 5.74. The molecule has 86 valence electrons. The minimum Gasteiger partial charge on any atom is -0.336 e. The monoisotopic (exact) mass is 211 g/mol. The third-order valence-corrected chi connectivity index (χ3v) is 3.42. The molecule has 4 heteroatoms. The van der Waals surface area contributed by atoms with Gasteiger partial charge in [-0.3, -0.25) is 0 Å². The Hall–Kier alpha value is -0.770. The first-order valence-electron chi connectivity index (χ1n) is 5.92. The van der Waals surface area contributed by atoms with Gasteiger partial charge in [-0.2, -0.15) is 0 Å². The van der Waals surface area contributed by atoms with E-state index in [1.807, 2.05) is 13.8 Å². The molecule has 3 N–H and O–H groups in total. The number of hydrogen-bond donors (Lipinski definition) is 3. The van der Waals surface area contributed by atoms with E-state index < -0.39 is 0 Å². The number of fused-ring (bicyclic) bond motifs is 1. The average molecular weight is 211 g/mol. The van der Waals surface area contributed by atoms with Crippen LogP contribution in [0.25, 0.3) is 0 Å².